The second-order valence-electron chi connectivity index (χ2n) is 4.54. The van der Waals surface area contributed by atoms with Crippen molar-refractivity contribution in [3.05, 3.63) is 35.9 Å². The summed E-state index contributed by atoms with van der Waals surface area (Å²) in [6.45, 7) is 4.75. The first-order chi connectivity index (χ1) is 8.54. The molecule has 2 N–H and O–H groups in total. The molecule has 0 aliphatic carbocycles. The molecular formula is C14H22N2O2. The van der Waals surface area contributed by atoms with Crippen molar-refractivity contribution < 1.29 is 9.53 Å². The first-order valence-corrected chi connectivity index (χ1v) is 6.15. The Morgan fingerprint density at radius 3 is 2.44 bits per heavy atom. The molecule has 2 atom stereocenters. The lowest BCUT2D eigenvalue weighted by Crippen LogP contribution is -2.44. The number of nitrogens with two attached hydrogens (primary N) is 1. The molecule has 0 bridgehead atoms. The molecule has 0 saturated heterocycles. The molecule has 100 valence electrons. The van der Waals surface area contributed by atoms with Gasteiger partial charge in [-0.1, -0.05) is 30.3 Å². The van der Waals surface area contributed by atoms with Gasteiger partial charge in [-0.15, -0.1) is 0 Å². The second-order valence-corrected chi connectivity index (χ2v) is 4.54. The van der Waals surface area contributed by atoms with Gasteiger partial charge in [-0.25, -0.2) is 0 Å². The van der Waals surface area contributed by atoms with E-state index in [9.17, 15) is 4.79 Å². The summed E-state index contributed by atoms with van der Waals surface area (Å²) in [5.41, 5.74) is 6.77. The molecule has 4 heteroatoms. The SMILES string of the molecule is CO[C@H](C)CN(Cc1ccccc1)C(=O)[C@H](C)N. The summed E-state index contributed by atoms with van der Waals surface area (Å²) < 4.78 is 5.21. The Bertz CT molecular complexity index is 365. The van der Waals surface area contributed by atoms with Crippen molar-refractivity contribution in [1.29, 1.82) is 0 Å². The highest BCUT2D eigenvalue weighted by molar-refractivity contribution is 5.81. The minimum atomic E-state index is -0.488. The van der Waals surface area contributed by atoms with E-state index in [1.54, 1.807) is 18.9 Å². The molecule has 4 nitrogen and oxygen atoms in total. The second kappa shape index (κ2) is 7.13. The van der Waals surface area contributed by atoms with Crippen LogP contribution in [0.15, 0.2) is 30.3 Å². The fraction of sp³-hybridized carbons (Fsp3) is 0.500. The summed E-state index contributed by atoms with van der Waals surface area (Å²) in [4.78, 5) is 13.8. The van der Waals surface area contributed by atoms with E-state index in [4.69, 9.17) is 10.5 Å². The Hall–Kier alpha value is -1.39. The Labute approximate surface area is 109 Å². The van der Waals surface area contributed by atoms with Crippen LogP contribution >= 0.6 is 0 Å². The fourth-order valence-electron chi connectivity index (χ4n) is 1.71. The third-order valence-corrected chi connectivity index (χ3v) is 2.80. The molecule has 0 spiro atoms. The average molecular weight is 250 g/mol. The van der Waals surface area contributed by atoms with Gasteiger partial charge in [0.2, 0.25) is 5.91 Å². The number of methoxy groups -OCH3 is 1. The van der Waals surface area contributed by atoms with Gasteiger partial charge >= 0.3 is 0 Å². The lowest BCUT2D eigenvalue weighted by Gasteiger charge is -2.27. The standard InChI is InChI=1S/C14H22N2O2/c1-11(18-3)9-16(14(17)12(2)15)10-13-7-5-4-6-8-13/h4-8,11-12H,9-10,15H2,1-3H3/t11-,12+/m1/s1. The highest BCUT2D eigenvalue weighted by Crippen LogP contribution is 2.07. The van der Waals surface area contributed by atoms with Crippen LogP contribution in [0.25, 0.3) is 0 Å². The number of benzene rings is 1. The van der Waals surface area contributed by atoms with Gasteiger partial charge in [0, 0.05) is 20.2 Å². The van der Waals surface area contributed by atoms with E-state index in [1.807, 2.05) is 37.3 Å². The normalized spacial score (nSPS) is 14.0. The van der Waals surface area contributed by atoms with Crippen molar-refractivity contribution in [2.24, 2.45) is 5.73 Å². The van der Waals surface area contributed by atoms with Crippen molar-refractivity contribution in [3.8, 4) is 0 Å². The molecular weight excluding hydrogens is 228 g/mol. The van der Waals surface area contributed by atoms with Gasteiger partial charge in [0.05, 0.1) is 12.1 Å². The zero-order chi connectivity index (χ0) is 13.5. The van der Waals surface area contributed by atoms with Crippen LogP contribution in [0, 0.1) is 0 Å². The van der Waals surface area contributed by atoms with Gasteiger partial charge in [-0.3, -0.25) is 4.79 Å². The summed E-state index contributed by atoms with van der Waals surface area (Å²) in [5, 5.41) is 0. The van der Waals surface area contributed by atoms with E-state index in [-0.39, 0.29) is 12.0 Å². The van der Waals surface area contributed by atoms with Crippen molar-refractivity contribution >= 4 is 5.91 Å². The molecule has 0 aromatic heterocycles. The number of rotatable bonds is 6. The summed E-state index contributed by atoms with van der Waals surface area (Å²) in [7, 11) is 1.64. The summed E-state index contributed by atoms with van der Waals surface area (Å²) in [6, 6.07) is 9.39. The van der Waals surface area contributed by atoms with Gasteiger partial charge < -0.3 is 15.4 Å². The van der Waals surface area contributed by atoms with Crippen molar-refractivity contribution in [2.45, 2.75) is 32.5 Å². The maximum Gasteiger partial charge on any atom is 0.239 e. The number of carbonyl (C=O) groups excluding carboxylic acids is 1. The van der Waals surface area contributed by atoms with Crippen LogP contribution < -0.4 is 5.73 Å². The van der Waals surface area contributed by atoms with Gasteiger partial charge in [0.15, 0.2) is 0 Å². The fourth-order valence-corrected chi connectivity index (χ4v) is 1.71. The summed E-state index contributed by atoms with van der Waals surface area (Å²) in [5.74, 6) is -0.0530. The van der Waals surface area contributed by atoms with E-state index in [0.29, 0.717) is 13.1 Å². The van der Waals surface area contributed by atoms with E-state index >= 15 is 0 Å². The van der Waals surface area contributed by atoms with Crippen LogP contribution in [0.5, 0.6) is 0 Å². The van der Waals surface area contributed by atoms with Gasteiger partial charge in [0.1, 0.15) is 0 Å². The Kier molecular flexibility index (Phi) is 5.82. The topological polar surface area (TPSA) is 55.6 Å². The van der Waals surface area contributed by atoms with Crippen LogP contribution in [0.3, 0.4) is 0 Å². The molecule has 1 rings (SSSR count). The molecule has 1 aromatic carbocycles. The maximum atomic E-state index is 12.0. The molecule has 0 aliphatic heterocycles. The predicted octanol–water partition coefficient (Wildman–Crippen LogP) is 1.40. The first kappa shape index (κ1) is 14.7. The lowest BCUT2D eigenvalue weighted by atomic mass is 10.2. The summed E-state index contributed by atoms with van der Waals surface area (Å²) >= 11 is 0. The highest BCUT2D eigenvalue weighted by atomic mass is 16.5. The molecule has 0 radical (unpaired) electrons. The Morgan fingerprint density at radius 1 is 1.33 bits per heavy atom. The van der Waals surface area contributed by atoms with E-state index in [0.717, 1.165) is 5.56 Å². The third kappa shape index (κ3) is 4.47. The maximum absolute atomic E-state index is 12.0. The molecule has 0 heterocycles. The zero-order valence-electron chi connectivity index (χ0n) is 11.3. The van der Waals surface area contributed by atoms with Crippen LogP contribution in [0.1, 0.15) is 19.4 Å². The molecule has 1 aromatic rings. The summed E-state index contributed by atoms with van der Waals surface area (Å²) in [6.07, 6.45) is -0.00332. The van der Waals surface area contributed by atoms with Crippen LogP contribution in [-0.4, -0.2) is 36.6 Å². The van der Waals surface area contributed by atoms with Crippen molar-refractivity contribution in [2.75, 3.05) is 13.7 Å². The lowest BCUT2D eigenvalue weighted by molar-refractivity contribution is -0.134. The van der Waals surface area contributed by atoms with Crippen LogP contribution in [-0.2, 0) is 16.1 Å². The Balaban J connectivity index is 2.74. The predicted molar refractivity (Wildman–Crippen MR) is 72.0 cm³/mol. The number of ether oxygens (including phenoxy) is 1. The van der Waals surface area contributed by atoms with Crippen LogP contribution in [0.2, 0.25) is 0 Å². The van der Waals surface area contributed by atoms with Gasteiger partial charge in [-0.2, -0.15) is 0 Å². The molecule has 0 fully saturated rings. The first-order valence-electron chi connectivity index (χ1n) is 6.15. The average Bonchev–Trinajstić information content (AvgIpc) is 2.38. The van der Waals surface area contributed by atoms with Crippen molar-refractivity contribution in [3.63, 3.8) is 0 Å². The number of amides is 1. The highest BCUT2D eigenvalue weighted by Gasteiger charge is 2.19. The molecule has 18 heavy (non-hydrogen) atoms. The minimum Gasteiger partial charge on any atom is -0.380 e. The largest absolute Gasteiger partial charge is 0.380 e. The van der Waals surface area contributed by atoms with Gasteiger partial charge in [-0.05, 0) is 19.4 Å². The van der Waals surface area contributed by atoms with E-state index in [2.05, 4.69) is 0 Å². The smallest absolute Gasteiger partial charge is 0.239 e. The van der Waals surface area contributed by atoms with Crippen molar-refractivity contribution in [1.82, 2.24) is 4.90 Å². The van der Waals surface area contributed by atoms with Crippen LogP contribution in [0.4, 0.5) is 0 Å². The quantitative estimate of drug-likeness (QED) is 0.830. The molecule has 1 amide bonds. The minimum absolute atomic E-state index is 0.00332. The number of carbonyl (C=O) groups is 1. The third-order valence-electron chi connectivity index (χ3n) is 2.80. The monoisotopic (exact) mass is 250 g/mol. The zero-order valence-corrected chi connectivity index (χ0v) is 11.3. The van der Waals surface area contributed by atoms with E-state index in [1.165, 1.54) is 0 Å². The Morgan fingerprint density at radius 2 is 1.94 bits per heavy atom. The molecule has 0 saturated carbocycles. The molecule has 0 aliphatic rings. The number of nitrogens with zero attached hydrogens (tertiary/aromatic N) is 1. The number of hydrogen-bond acceptors (Lipinski definition) is 3. The van der Waals surface area contributed by atoms with E-state index < -0.39 is 6.04 Å². The molecule has 0 unspecified atom stereocenters. The number of hydrogen-bond donors (Lipinski definition) is 1. The van der Waals surface area contributed by atoms with Gasteiger partial charge in [0.25, 0.3) is 0 Å².